The second kappa shape index (κ2) is 6.30. The molecule has 0 bridgehead atoms. The van der Waals surface area contributed by atoms with E-state index in [-0.39, 0.29) is 6.32 Å². The van der Waals surface area contributed by atoms with Crippen molar-refractivity contribution in [1.82, 2.24) is 4.98 Å². The van der Waals surface area contributed by atoms with Crippen molar-refractivity contribution in [1.29, 1.82) is 0 Å². The largest absolute Gasteiger partial charge is 0.358 e. The van der Waals surface area contributed by atoms with Gasteiger partial charge in [-0.3, -0.25) is 4.72 Å². The number of rotatable bonds is 4. The number of sulfonamides is 1. The summed E-state index contributed by atoms with van der Waals surface area (Å²) in [5, 5.41) is 0.859. The molecule has 0 atom stereocenters. The number of H-pyrrole nitrogens is 1. The highest BCUT2D eigenvalue weighted by Crippen LogP contribution is 2.30. The van der Waals surface area contributed by atoms with Gasteiger partial charge in [-0.25, -0.2) is 8.42 Å². The molecule has 5 heteroatoms. The summed E-state index contributed by atoms with van der Waals surface area (Å²) in [7, 11) is -3.68. The lowest BCUT2D eigenvalue weighted by molar-refractivity contribution is 0.601. The van der Waals surface area contributed by atoms with E-state index in [0.29, 0.717) is 17.1 Å². The van der Waals surface area contributed by atoms with Crippen molar-refractivity contribution in [3.8, 4) is 12.3 Å². The lowest BCUT2D eigenvalue weighted by Crippen LogP contribution is -2.13. The minimum Gasteiger partial charge on any atom is -0.358 e. The quantitative estimate of drug-likeness (QED) is 0.671. The van der Waals surface area contributed by atoms with E-state index >= 15 is 0 Å². The zero-order valence-electron chi connectivity index (χ0n) is 14.4. The zero-order chi connectivity index (χ0) is 18.2. The first-order chi connectivity index (χ1) is 11.8. The maximum atomic E-state index is 12.7. The number of fused-ring (bicyclic) bond motifs is 1. The highest BCUT2D eigenvalue weighted by Gasteiger charge is 2.17. The molecule has 0 saturated carbocycles. The first kappa shape index (κ1) is 17.1. The van der Waals surface area contributed by atoms with Gasteiger partial charge >= 0.3 is 0 Å². The van der Waals surface area contributed by atoms with Crippen LogP contribution in [0.15, 0.2) is 47.5 Å². The van der Waals surface area contributed by atoms with Crippen LogP contribution in [0.2, 0.25) is 0 Å². The number of aromatic nitrogens is 1. The predicted molar refractivity (Wildman–Crippen MR) is 104 cm³/mol. The van der Waals surface area contributed by atoms with Gasteiger partial charge in [0, 0.05) is 18.6 Å². The predicted octanol–water partition coefficient (Wildman–Crippen LogP) is 4.63. The normalized spacial score (nSPS) is 11.6. The van der Waals surface area contributed by atoms with Crippen molar-refractivity contribution in [2.24, 2.45) is 0 Å². The summed E-state index contributed by atoms with van der Waals surface area (Å²) >= 11 is 0. The minimum absolute atomic E-state index is 0. The third-order valence-electron chi connectivity index (χ3n) is 4.30. The van der Waals surface area contributed by atoms with Gasteiger partial charge in [0.15, 0.2) is 0 Å². The molecule has 2 aromatic carbocycles. The van der Waals surface area contributed by atoms with Crippen LogP contribution in [0.4, 0.5) is 5.69 Å². The number of terminal acetylenes is 1. The van der Waals surface area contributed by atoms with Crippen molar-refractivity contribution in [2.45, 2.75) is 31.6 Å². The van der Waals surface area contributed by atoms with E-state index in [0.717, 1.165) is 22.1 Å². The van der Waals surface area contributed by atoms with Gasteiger partial charge in [0.1, 0.15) is 0 Å². The molecule has 0 aliphatic rings. The van der Waals surface area contributed by atoms with Gasteiger partial charge in [0.25, 0.3) is 10.0 Å². The van der Waals surface area contributed by atoms with Crippen molar-refractivity contribution in [3.05, 3.63) is 59.3 Å². The highest BCUT2D eigenvalue weighted by atomic mass is 32.2. The van der Waals surface area contributed by atoms with Crippen LogP contribution in [-0.2, 0) is 10.0 Å². The number of anilines is 1. The number of aryl methyl sites for hydroxylation is 1. The first-order valence-corrected chi connectivity index (χ1v) is 9.52. The van der Waals surface area contributed by atoms with Crippen LogP contribution >= 0.6 is 0 Å². The van der Waals surface area contributed by atoms with Crippen LogP contribution in [0.25, 0.3) is 10.9 Å². The van der Waals surface area contributed by atoms with Crippen molar-refractivity contribution >= 4 is 26.6 Å². The van der Waals surface area contributed by atoms with E-state index in [1.165, 1.54) is 0 Å². The molecular formula is C20H22N2O2S. The smallest absolute Gasteiger partial charge is 0.261 e. The SMILES string of the molecule is C#Cc1c[nH]c2c(NS(=O)(=O)c3ccc(C(C)C)cc3)ccc(C)c12.[HH]. The first-order valence-electron chi connectivity index (χ1n) is 8.03. The second-order valence-electron chi connectivity index (χ2n) is 6.36. The fourth-order valence-electron chi connectivity index (χ4n) is 2.85. The summed E-state index contributed by atoms with van der Waals surface area (Å²) in [4.78, 5) is 3.31. The van der Waals surface area contributed by atoms with Crippen LogP contribution in [-0.4, -0.2) is 13.4 Å². The van der Waals surface area contributed by atoms with E-state index in [9.17, 15) is 8.42 Å². The topological polar surface area (TPSA) is 62.0 Å². The molecule has 0 aliphatic carbocycles. The third-order valence-corrected chi connectivity index (χ3v) is 5.68. The number of aromatic amines is 1. The second-order valence-corrected chi connectivity index (χ2v) is 8.04. The maximum absolute atomic E-state index is 12.7. The molecule has 0 aliphatic heterocycles. The summed E-state index contributed by atoms with van der Waals surface area (Å²) in [6.45, 7) is 6.08. The van der Waals surface area contributed by atoms with E-state index in [2.05, 4.69) is 29.5 Å². The Hall–Kier alpha value is -2.71. The Morgan fingerprint density at radius 3 is 2.44 bits per heavy atom. The van der Waals surface area contributed by atoms with Crippen LogP contribution in [0.3, 0.4) is 0 Å². The average molecular weight is 354 g/mol. The summed E-state index contributed by atoms with van der Waals surface area (Å²) in [6, 6.07) is 10.5. The maximum Gasteiger partial charge on any atom is 0.261 e. The molecule has 3 aromatic rings. The van der Waals surface area contributed by atoms with Gasteiger partial charge < -0.3 is 4.98 Å². The highest BCUT2D eigenvalue weighted by molar-refractivity contribution is 7.92. The Kier molecular flexibility index (Phi) is 4.32. The summed E-state index contributed by atoms with van der Waals surface area (Å²) in [5.74, 6) is 2.97. The van der Waals surface area contributed by atoms with Gasteiger partial charge in [-0.1, -0.05) is 38.0 Å². The van der Waals surface area contributed by atoms with Crippen molar-refractivity contribution < 1.29 is 9.84 Å². The molecule has 130 valence electrons. The summed E-state index contributed by atoms with van der Waals surface area (Å²) < 4.78 is 28.1. The standard InChI is InChI=1S/C20H20N2O2S.H2/c1-5-15-12-21-20-18(11-6-14(4)19(15)20)22-25(23,24)17-9-7-16(8-10-17)13(2)3;/h1,6-13,21-22H,2-4H3;1H. The van der Waals surface area contributed by atoms with E-state index < -0.39 is 10.0 Å². The molecule has 25 heavy (non-hydrogen) atoms. The van der Waals surface area contributed by atoms with Gasteiger partial charge in [-0.05, 0) is 42.2 Å². The van der Waals surface area contributed by atoms with E-state index in [1.807, 2.05) is 25.1 Å². The van der Waals surface area contributed by atoms with Gasteiger partial charge in [-0.2, -0.15) is 0 Å². The molecule has 0 fully saturated rings. The monoisotopic (exact) mass is 354 g/mol. The molecule has 0 radical (unpaired) electrons. The molecule has 4 nitrogen and oxygen atoms in total. The molecule has 1 heterocycles. The van der Waals surface area contributed by atoms with E-state index in [4.69, 9.17) is 6.42 Å². The fourth-order valence-corrected chi connectivity index (χ4v) is 3.93. The molecule has 0 amide bonds. The Morgan fingerprint density at radius 1 is 1.16 bits per heavy atom. The third kappa shape index (κ3) is 3.13. The lowest BCUT2D eigenvalue weighted by Gasteiger charge is -2.11. The van der Waals surface area contributed by atoms with Gasteiger partial charge in [0.2, 0.25) is 0 Å². The van der Waals surface area contributed by atoms with Gasteiger partial charge in [0.05, 0.1) is 16.1 Å². The molecule has 3 rings (SSSR count). The molecular weight excluding hydrogens is 332 g/mol. The Balaban J connectivity index is 0.00000243. The number of hydrogen-bond acceptors (Lipinski definition) is 2. The molecule has 1 aromatic heterocycles. The van der Waals surface area contributed by atoms with Crippen molar-refractivity contribution in [2.75, 3.05) is 4.72 Å². The Labute approximate surface area is 149 Å². The number of nitrogens with one attached hydrogen (secondary N) is 2. The molecule has 0 spiro atoms. The molecule has 0 saturated heterocycles. The number of benzene rings is 2. The molecule has 2 N–H and O–H groups in total. The van der Waals surface area contributed by atoms with E-state index in [1.54, 1.807) is 24.4 Å². The molecule has 0 unspecified atom stereocenters. The van der Waals surface area contributed by atoms with Crippen LogP contribution < -0.4 is 4.72 Å². The minimum atomic E-state index is -3.68. The average Bonchev–Trinajstić information content (AvgIpc) is 3.02. The lowest BCUT2D eigenvalue weighted by atomic mass is 10.0. The Bertz CT molecular complexity index is 1080. The number of hydrogen-bond donors (Lipinski definition) is 2. The fraction of sp³-hybridized carbons (Fsp3) is 0.200. The summed E-state index contributed by atoms with van der Waals surface area (Å²) in [6.07, 6.45) is 7.24. The Morgan fingerprint density at radius 2 is 1.84 bits per heavy atom. The van der Waals surface area contributed by atoms with Gasteiger partial charge in [-0.15, -0.1) is 6.42 Å². The van der Waals surface area contributed by atoms with Crippen LogP contribution in [0.5, 0.6) is 0 Å². The van der Waals surface area contributed by atoms with Crippen LogP contribution in [0.1, 0.15) is 37.9 Å². The van der Waals surface area contributed by atoms with Crippen LogP contribution in [0, 0.1) is 19.3 Å². The van der Waals surface area contributed by atoms with Crippen molar-refractivity contribution in [3.63, 3.8) is 0 Å². The zero-order valence-corrected chi connectivity index (χ0v) is 15.2. The summed E-state index contributed by atoms with van der Waals surface area (Å²) in [5.41, 5.74) is 3.98.